The van der Waals surface area contributed by atoms with Gasteiger partial charge in [-0.15, -0.1) is 11.3 Å². The highest BCUT2D eigenvalue weighted by atomic mass is 32.2. The molecular formula is C15H14FN3O3S2. The molecule has 0 spiro atoms. The Labute approximate surface area is 142 Å². The number of benzene rings is 1. The summed E-state index contributed by atoms with van der Waals surface area (Å²) in [5.74, 6) is 0.135. The van der Waals surface area contributed by atoms with Crippen molar-refractivity contribution in [2.75, 3.05) is 6.54 Å². The van der Waals surface area contributed by atoms with E-state index in [1.54, 1.807) is 6.92 Å². The monoisotopic (exact) mass is 367 g/mol. The zero-order chi connectivity index (χ0) is 17.2. The van der Waals surface area contributed by atoms with Crippen LogP contribution in [0.3, 0.4) is 0 Å². The third kappa shape index (κ3) is 3.37. The first-order valence-corrected chi connectivity index (χ1v) is 9.45. The second-order valence-corrected chi connectivity index (χ2v) is 7.76. The fourth-order valence-corrected chi connectivity index (χ4v) is 4.15. The molecule has 2 heterocycles. The number of hydrogen-bond acceptors (Lipinski definition) is 6. The van der Waals surface area contributed by atoms with Gasteiger partial charge in [-0.2, -0.15) is 9.29 Å². The Balaban J connectivity index is 1.83. The zero-order valence-corrected chi connectivity index (χ0v) is 14.3. The quantitative estimate of drug-likeness (QED) is 0.669. The van der Waals surface area contributed by atoms with Crippen molar-refractivity contribution in [3.8, 4) is 10.7 Å². The van der Waals surface area contributed by atoms with Crippen LogP contribution in [0.25, 0.3) is 10.7 Å². The van der Waals surface area contributed by atoms with Crippen LogP contribution in [0.1, 0.15) is 12.8 Å². The highest BCUT2D eigenvalue weighted by Crippen LogP contribution is 2.23. The number of halogens is 1. The third-order valence-electron chi connectivity index (χ3n) is 3.33. The van der Waals surface area contributed by atoms with Crippen LogP contribution in [0.15, 0.2) is 51.2 Å². The lowest BCUT2D eigenvalue weighted by atomic mass is 10.4. The molecule has 3 rings (SSSR count). The summed E-state index contributed by atoms with van der Waals surface area (Å²) >= 11 is 1.47. The zero-order valence-electron chi connectivity index (χ0n) is 12.7. The van der Waals surface area contributed by atoms with E-state index in [0.717, 1.165) is 17.0 Å². The van der Waals surface area contributed by atoms with Gasteiger partial charge in [0.05, 0.1) is 16.3 Å². The van der Waals surface area contributed by atoms with Crippen LogP contribution in [-0.2, 0) is 16.6 Å². The molecule has 9 heteroatoms. The fraction of sp³-hybridized carbons (Fsp3) is 0.200. The molecule has 24 heavy (non-hydrogen) atoms. The van der Waals surface area contributed by atoms with Gasteiger partial charge in [-0.05, 0) is 35.7 Å². The predicted octanol–water partition coefficient (Wildman–Crippen LogP) is 3.15. The molecule has 2 aromatic heterocycles. The van der Waals surface area contributed by atoms with Crippen LogP contribution >= 0.6 is 11.3 Å². The Bertz CT molecular complexity index is 906. The Morgan fingerprint density at radius 2 is 2.00 bits per heavy atom. The number of aromatic nitrogens is 2. The fourth-order valence-electron chi connectivity index (χ4n) is 2.10. The maximum Gasteiger partial charge on any atom is 0.243 e. The number of hydrogen-bond donors (Lipinski definition) is 0. The third-order valence-corrected chi connectivity index (χ3v) is 6.13. The van der Waals surface area contributed by atoms with E-state index >= 15 is 0 Å². The van der Waals surface area contributed by atoms with E-state index < -0.39 is 15.8 Å². The van der Waals surface area contributed by atoms with Gasteiger partial charge in [0.25, 0.3) is 0 Å². The summed E-state index contributed by atoms with van der Waals surface area (Å²) < 4.78 is 44.6. The molecule has 0 bridgehead atoms. The van der Waals surface area contributed by atoms with Crippen LogP contribution in [-0.4, -0.2) is 29.4 Å². The highest BCUT2D eigenvalue weighted by molar-refractivity contribution is 7.89. The minimum atomic E-state index is -3.77. The van der Waals surface area contributed by atoms with Gasteiger partial charge in [0.1, 0.15) is 5.82 Å². The summed E-state index contributed by atoms with van der Waals surface area (Å²) in [5, 5.41) is 5.76. The van der Waals surface area contributed by atoms with Crippen molar-refractivity contribution in [2.45, 2.75) is 18.4 Å². The molecular weight excluding hydrogens is 353 g/mol. The van der Waals surface area contributed by atoms with Crippen molar-refractivity contribution in [3.05, 3.63) is 53.5 Å². The lowest BCUT2D eigenvalue weighted by molar-refractivity contribution is 0.321. The minimum Gasteiger partial charge on any atom is -0.337 e. The van der Waals surface area contributed by atoms with Crippen molar-refractivity contribution in [1.29, 1.82) is 0 Å². The molecule has 6 nitrogen and oxygen atoms in total. The predicted molar refractivity (Wildman–Crippen MR) is 87.3 cm³/mol. The lowest BCUT2D eigenvalue weighted by Gasteiger charge is -2.18. The van der Waals surface area contributed by atoms with Crippen LogP contribution in [0.4, 0.5) is 4.39 Å². The van der Waals surface area contributed by atoms with Crippen LogP contribution in [0.5, 0.6) is 0 Å². The van der Waals surface area contributed by atoms with Gasteiger partial charge in [-0.25, -0.2) is 12.8 Å². The number of sulfonamides is 1. The molecule has 0 fully saturated rings. The van der Waals surface area contributed by atoms with Crippen molar-refractivity contribution in [1.82, 2.24) is 14.4 Å². The maximum atomic E-state index is 13.0. The van der Waals surface area contributed by atoms with Crippen molar-refractivity contribution >= 4 is 21.4 Å². The van der Waals surface area contributed by atoms with E-state index in [1.807, 2.05) is 17.5 Å². The molecule has 0 aliphatic heterocycles. The Hall–Kier alpha value is -2.10. The normalized spacial score (nSPS) is 12.0. The average molecular weight is 367 g/mol. The SMILES string of the molecule is CCN(Cc1nc(-c2cccs2)no1)S(=O)(=O)c1ccc(F)cc1. The molecule has 0 aliphatic rings. The van der Waals surface area contributed by atoms with Crippen molar-refractivity contribution in [3.63, 3.8) is 0 Å². The molecule has 1 aromatic carbocycles. The van der Waals surface area contributed by atoms with Gasteiger partial charge < -0.3 is 4.52 Å². The molecule has 0 N–H and O–H groups in total. The summed E-state index contributed by atoms with van der Waals surface area (Å²) in [5.41, 5.74) is 0. The van der Waals surface area contributed by atoms with E-state index in [-0.39, 0.29) is 23.9 Å². The minimum absolute atomic E-state index is 0.0174. The van der Waals surface area contributed by atoms with E-state index in [0.29, 0.717) is 5.82 Å². The summed E-state index contributed by atoms with van der Waals surface area (Å²) in [6.45, 7) is 1.88. The second-order valence-electron chi connectivity index (χ2n) is 4.87. The van der Waals surface area contributed by atoms with Gasteiger partial charge in [0, 0.05) is 6.54 Å². The molecule has 0 saturated heterocycles. The molecule has 126 valence electrons. The van der Waals surface area contributed by atoms with Gasteiger partial charge in [-0.3, -0.25) is 0 Å². The average Bonchev–Trinajstić information content (AvgIpc) is 3.24. The Morgan fingerprint density at radius 1 is 1.25 bits per heavy atom. The Morgan fingerprint density at radius 3 is 2.62 bits per heavy atom. The van der Waals surface area contributed by atoms with Crippen LogP contribution in [0.2, 0.25) is 0 Å². The van der Waals surface area contributed by atoms with Gasteiger partial charge >= 0.3 is 0 Å². The van der Waals surface area contributed by atoms with Crippen molar-refractivity contribution < 1.29 is 17.3 Å². The summed E-state index contributed by atoms with van der Waals surface area (Å²) in [6, 6.07) is 8.42. The van der Waals surface area contributed by atoms with Gasteiger partial charge in [-0.1, -0.05) is 18.1 Å². The molecule has 0 radical (unpaired) electrons. The van der Waals surface area contributed by atoms with E-state index in [4.69, 9.17) is 4.52 Å². The topological polar surface area (TPSA) is 76.3 Å². The molecule has 0 atom stereocenters. The maximum absolute atomic E-state index is 13.0. The standard InChI is InChI=1S/C15H14FN3O3S2/c1-2-19(24(20,21)12-7-5-11(16)6-8-12)10-14-17-15(18-22-14)13-4-3-9-23-13/h3-9H,2,10H2,1H3. The molecule has 0 amide bonds. The summed E-state index contributed by atoms with van der Waals surface area (Å²) in [6.07, 6.45) is 0. The van der Waals surface area contributed by atoms with Gasteiger partial charge in [0.15, 0.2) is 0 Å². The van der Waals surface area contributed by atoms with E-state index in [9.17, 15) is 12.8 Å². The first-order valence-electron chi connectivity index (χ1n) is 7.13. The lowest BCUT2D eigenvalue weighted by Crippen LogP contribution is -2.30. The van der Waals surface area contributed by atoms with Gasteiger partial charge in [0.2, 0.25) is 21.7 Å². The highest BCUT2D eigenvalue weighted by Gasteiger charge is 2.25. The molecule has 0 unspecified atom stereocenters. The largest absolute Gasteiger partial charge is 0.337 e. The summed E-state index contributed by atoms with van der Waals surface area (Å²) in [4.78, 5) is 5.09. The molecule has 3 aromatic rings. The van der Waals surface area contributed by atoms with Crippen LogP contribution in [0, 0.1) is 5.82 Å². The number of rotatable bonds is 6. The summed E-state index contributed by atoms with van der Waals surface area (Å²) in [7, 11) is -3.77. The van der Waals surface area contributed by atoms with Crippen molar-refractivity contribution in [2.24, 2.45) is 0 Å². The Kier molecular flexibility index (Phi) is 4.74. The first kappa shape index (κ1) is 16.7. The number of thiophene rings is 1. The molecule has 0 aliphatic carbocycles. The molecule has 0 saturated carbocycles. The van der Waals surface area contributed by atoms with Crippen LogP contribution < -0.4 is 0 Å². The van der Waals surface area contributed by atoms with E-state index in [2.05, 4.69) is 10.1 Å². The smallest absolute Gasteiger partial charge is 0.243 e. The second kappa shape index (κ2) is 6.80. The number of nitrogens with zero attached hydrogens (tertiary/aromatic N) is 3. The van der Waals surface area contributed by atoms with E-state index in [1.165, 1.54) is 27.8 Å². The first-order chi connectivity index (χ1) is 11.5.